The van der Waals surface area contributed by atoms with E-state index in [2.05, 4.69) is 10.6 Å². The van der Waals surface area contributed by atoms with Crippen molar-refractivity contribution in [2.75, 3.05) is 11.9 Å². The van der Waals surface area contributed by atoms with Crippen LogP contribution >= 0.6 is 11.6 Å². The molecule has 1 aliphatic heterocycles. The molecule has 1 unspecified atom stereocenters. The van der Waals surface area contributed by atoms with Gasteiger partial charge in [0.05, 0.1) is 5.69 Å². The van der Waals surface area contributed by atoms with Crippen molar-refractivity contribution in [2.45, 2.75) is 25.6 Å². The number of nitrogens with one attached hydrogen (secondary N) is 2. The van der Waals surface area contributed by atoms with Crippen LogP contribution in [0.3, 0.4) is 0 Å². The Kier molecular flexibility index (Phi) is 6.84. The first kappa shape index (κ1) is 23.3. The quantitative estimate of drug-likeness (QED) is 0.568. The van der Waals surface area contributed by atoms with Crippen LogP contribution in [0.4, 0.5) is 10.5 Å². The van der Waals surface area contributed by atoms with Gasteiger partial charge in [-0.25, -0.2) is 4.79 Å². The Labute approximate surface area is 202 Å². The van der Waals surface area contributed by atoms with E-state index in [4.69, 9.17) is 16.3 Å². The van der Waals surface area contributed by atoms with Crippen LogP contribution in [0.1, 0.15) is 24.1 Å². The van der Waals surface area contributed by atoms with Crippen molar-refractivity contribution in [2.24, 2.45) is 0 Å². The number of hydrogen-bond donors (Lipinski definition) is 2. The second-order valence-electron chi connectivity index (χ2n) is 7.97. The Bertz CT molecular complexity index is 1250. The van der Waals surface area contributed by atoms with Gasteiger partial charge in [0.25, 0.3) is 11.8 Å². The molecule has 3 amide bonds. The summed E-state index contributed by atoms with van der Waals surface area (Å²) in [5.41, 5.74) is 3.98. The van der Waals surface area contributed by atoms with E-state index in [-0.39, 0.29) is 12.5 Å². The summed E-state index contributed by atoms with van der Waals surface area (Å²) >= 11 is 5.95. The Balaban J connectivity index is 1.46. The number of amides is 3. The summed E-state index contributed by atoms with van der Waals surface area (Å²) in [6.45, 7) is 1.66. The largest absolute Gasteiger partial charge is 0.436 e. The molecule has 34 heavy (non-hydrogen) atoms. The van der Waals surface area contributed by atoms with Gasteiger partial charge in [-0.3, -0.25) is 9.59 Å². The number of nitrogens with zero attached hydrogens (tertiary/aromatic N) is 1. The lowest BCUT2D eigenvalue weighted by molar-refractivity contribution is -0.132. The minimum atomic E-state index is -1.12. The highest BCUT2D eigenvalue weighted by Gasteiger charge is 2.34. The summed E-state index contributed by atoms with van der Waals surface area (Å²) < 4.78 is 5.23. The SMILES string of the molecule is C[C@H](OC(=O)NCc1cccc(Cl)c1)C(=O)NC1C(=O)N(C)c2ccccc2-c2ccccc21. The van der Waals surface area contributed by atoms with Gasteiger partial charge in [-0.05, 0) is 41.8 Å². The number of carbonyl (C=O) groups is 3. The van der Waals surface area contributed by atoms with Crippen molar-refractivity contribution in [3.05, 3.63) is 88.9 Å². The monoisotopic (exact) mass is 477 g/mol. The standard InChI is InChI=1S/C26H24ClN3O4/c1-16(34-26(33)28-15-17-8-7-9-18(27)14-17)24(31)29-23-21-12-4-3-10-19(21)20-11-5-6-13-22(20)30(2)25(23)32/h3-14,16,23H,15H2,1-2H3,(H,28,33)(H,29,31)/t16-,23?/m0/s1. The molecule has 3 aromatic carbocycles. The van der Waals surface area contributed by atoms with Gasteiger partial charge in [0.15, 0.2) is 6.10 Å². The van der Waals surface area contributed by atoms with E-state index in [9.17, 15) is 14.4 Å². The van der Waals surface area contributed by atoms with Crippen LogP contribution in [0.15, 0.2) is 72.8 Å². The first-order valence-electron chi connectivity index (χ1n) is 10.8. The molecule has 0 aliphatic carbocycles. The summed E-state index contributed by atoms with van der Waals surface area (Å²) in [4.78, 5) is 40.0. The predicted molar refractivity (Wildman–Crippen MR) is 130 cm³/mol. The molecule has 174 valence electrons. The number of ether oxygens (including phenoxy) is 1. The molecule has 1 heterocycles. The van der Waals surface area contributed by atoms with Crippen LogP contribution in [-0.2, 0) is 20.9 Å². The van der Waals surface area contributed by atoms with Crippen LogP contribution in [0.5, 0.6) is 0 Å². The maximum atomic E-state index is 13.3. The molecule has 0 saturated heterocycles. The summed E-state index contributed by atoms with van der Waals surface area (Å²) in [5, 5.41) is 5.91. The molecule has 3 aromatic rings. The summed E-state index contributed by atoms with van der Waals surface area (Å²) in [6, 6.07) is 21.1. The van der Waals surface area contributed by atoms with Crippen LogP contribution < -0.4 is 15.5 Å². The highest BCUT2D eigenvalue weighted by atomic mass is 35.5. The number of benzene rings is 3. The van der Waals surface area contributed by atoms with Crippen molar-refractivity contribution in [3.63, 3.8) is 0 Å². The maximum Gasteiger partial charge on any atom is 0.408 e. The van der Waals surface area contributed by atoms with Crippen LogP contribution in [0, 0.1) is 0 Å². The van der Waals surface area contributed by atoms with Gasteiger partial charge < -0.3 is 20.3 Å². The minimum Gasteiger partial charge on any atom is -0.436 e. The van der Waals surface area contributed by atoms with Gasteiger partial charge in [-0.2, -0.15) is 0 Å². The number of hydrogen-bond acceptors (Lipinski definition) is 4. The van der Waals surface area contributed by atoms with E-state index >= 15 is 0 Å². The van der Waals surface area contributed by atoms with E-state index in [1.807, 2.05) is 54.6 Å². The van der Waals surface area contributed by atoms with Crippen LogP contribution in [0.25, 0.3) is 11.1 Å². The van der Waals surface area contributed by atoms with Gasteiger partial charge in [-0.1, -0.05) is 66.2 Å². The Morgan fingerprint density at radius 1 is 1.03 bits per heavy atom. The minimum absolute atomic E-state index is 0.200. The van der Waals surface area contributed by atoms with Crippen molar-refractivity contribution < 1.29 is 19.1 Å². The first-order valence-corrected chi connectivity index (χ1v) is 11.2. The van der Waals surface area contributed by atoms with E-state index in [1.165, 1.54) is 11.8 Å². The van der Waals surface area contributed by atoms with Crippen molar-refractivity contribution in [1.29, 1.82) is 0 Å². The number of anilines is 1. The number of carbonyl (C=O) groups excluding carboxylic acids is 3. The fourth-order valence-corrected chi connectivity index (χ4v) is 4.12. The maximum absolute atomic E-state index is 13.3. The Morgan fingerprint density at radius 3 is 2.50 bits per heavy atom. The van der Waals surface area contributed by atoms with Crippen LogP contribution in [0.2, 0.25) is 5.02 Å². The van der Waals surface area contributed by atoms with Crippen molar-refractivity contribution in [3.8, 4) is 11.1 Å². The molecule has 0 bridgehead atoms. The van der Waals surface area contributed by atoms with Gasteiger partial charge in [0, 0.05) is 24.2 Å². The smallest absolute Gasteiger partial charge is 0.408 e. The average Bonchev–Trinajstić information content (AvgIpc) is 2.92. The zero-order valence-corrected chi connectivity index (χ0v) is 19.5. The average molecular weight is 478 g/mol. The first-order chi connectivity index (χ1) is 16.3. The highest BCUT2D eigenvalue weighted by molar-refractivity contribution is 6.30. The van der Waals surface area contributed by atoms with E-state index < -0.39 is 24.1 Å². The molecule has 8 heteroatoms. The molecule has 0 saturated carbocycles. The zero-order chi connectivity index (χ0) is 24.2. The highest BCUT2D eigenvalue weighted by Crippen LogP contribution is 2.39. The van der Waals surface area contributed by atoms with Gasteiger partial charge in [0.1, 0.15) is 6.04 Å². The van der Waals surface area contributed by atoms with Crippen molar-refractivity contribution in [1.82, 2.24) is 10.6 Å². The lowest BCUT2D eigenvalue weighted by Crippen LogP contribution is -2.45. The molecule has 0 radical (unpaired) electrons. The number of rotatable bonds is 5. The van der Waals surface area contributed by atoms with Gasteiger partial charge >= 0.3 is 6.09 Å². The molecule has 7 nitrogen and oxygen atoms in total. The van der Waals surface area contributed by atoms with Crippen molar-refractivity contribution >= 4 is 35.2 Å². The molecule has 0 aromatic heterocycles. The second-order valence-corrected chi connectivity index (χ2v) is 8.41. The fourth-order valence-electron chi connectivity index (χ4n) is 3.91. The third-order valence-corrected chi connectivity index (χ3v) is 5.91. The van der Waals surface area contributed by atoms with Crippen LogP contribution in [-0.4, -0.2) is 31.1 Å². The molecule has 2 atom stereocenters. The third-order valence-electron chi connectivity index (χ3n) is 5.67. The van der Waals surface area contributed by atoms with Gasteiger partial charge in [-0.15, -0.1) is 0 Å². The molecule has 0 spiro atoms. The third kappa shape index (κ3) is 4.89. The zero-order valence-electron chi connectivity index (χ0n) is 18.7. The Hall–Kier alpha value is -3.84. The van der Waals surface area contributed by atoms with Gasteiger partial charge in [0.2, 0.25) is 0 Å². The fraction of sp³-hybridized carbons (Fsp3) is 0.192. The summed E-state index contributed by atoms with van der Waals surface area (Å²) in [7, 11) is 1.68. The normalized spacial score (nSPS) is 15.4. The molecule has 0 fully saturated rings. The number of fused-ring (bicyclic) bond motifs is 3. The number of para-hydroxylation sites is 1. The molecule has 2 N–H and O–H groups in total. The van der Waals surface area contributed by atoms with E-state index in [0.717, 1.165) is 22.4 Å². The second kappa shape index (κ2) is 9.97. The number of halogens is 1. The lowest BCUT2D eigenvalue weighted by Gasteiger charge is -2.24. The molecular weight excluding hydrogens is 454 g/mol. The Morgan fingerprint density at radius 2 is 1.74 bits per heavy atom. The summed E-state index contributed by atoms with van der Waals surface area (Å²) in [6.07, 6.45) is -1.87. The predicted octanol–water partition coefficient (Wildman–Crippen LogP) is 4.46. The topological polar surface area (TPSA) is 87.7 Å². The van der Waals surface area contributed by atoms with E-state index in [0.29, 0.717) is 10.6 Å². The number of likely N-dealkylation sites (N-methyl/N-ethyl adjacent to an activating group) is 1. The molecule has 1 aliphatic rings. The summed E-state index contributed by atoms with van der Waals surface area (Å²) in [5.74, 6) is -0.867. The van der Waals surface area contributed by atoms with E-state index in [1.54, 1.807) is 25.2 Å². The molecule has 4 rings (SSSR count). The lowest BCUT2D eigenvalue weighted by atomic mass is 9.95. The molecular formula is C26H24ClN3O4. The number of alkyl carbamates (subject to hydrolysis) is 1.